The number of aromatic nitrogens is 2. The van der Waals surface area contributed by atoms with Gasteiger partial charge in [-0.25, -0.2) is 4.98 Å². The van der Waals surface area contributed by atoms with Crippen molar-refractivity contribution in [3.8, 4) is 0 Å². The van der Waals surface area contributed by atoms with E-state index in [0.29, 0.717) is 5.82 Å². The number of nitrogen functional groups attached to an aromatic ring is 1. The zero-order valence-corrected chi connectivity index (χ0v) is 6.96. The van der Waals surface area contributed by atoms with E-state index in [1.165, 1.54) is 0 Å². The van der Waals surface area contributed by atoms with Crippen molar-refractivity contribution in [2.75, 3.05) is 5.73 Å². The molecule has 0 fully saturated rings. The van der Waals surface area contributed by atoms with Gasteiger partial charge >= 0.3 is 0 Å². The minimum absolute atomic E-state index is 0.513. The van der Waals surface area contributed by atoms with Gasteiger partial charge < -0.3 is 5.73 Å². The quantitative estimate of drug-likeness (QED) is 0.690. The van der Waals surface area contributed by atoms with Crippen molar-refractivity contribution in [1.29, 1.82) is 0 Å². The Labute approximate surface area is 66.7 Å². The number of anilines is 1. The largest absolute Gasteiger partial charge is 0.382 e. The topological polar surface area (TPSA) is 51.8 Å². The summed E-state index contributed by atoms with van der Waals surface area (Å²) in [5.41, 5.74) is 7.56. The lowest BCUT2D eigenvalue weighted by atomic mass is 10.2. The highest BCUT2D eigenvalue weighted by atomic mass is 14.9. The smallest absolute Gasteiger partial charge is 0.142 e. The van der Waals surface area contributed by atoms with Crippen molar-refractivity contribution >= 4 is 5.82 Å². The van der Waals surface area contributed by atoms with Crippen LogP contribution in [0.2, 0.25) is 0 Å². The van der Waals surface area contributed by atoms with Gasteiger partial charge in [0.1, 0.15) is 5.82 Å². The third-order valence-electron chi connectivity index (χ3n) is 1.62. The maximum Gasteiger partial charge on any atom is 0.142 e. The molecule has 0 amide bonds. The van der Waals surface area contributed by atoms with Crippen LogP contribution in [0.5, 0.6) is 0 Å². The van der Waals surface area contributed by atoms with Gasteiger partial charge in [0.05, 0.1) is 17.6 Å². The lowest BCUT2D eigenvalue weighted by Gasteiger charge is -2.02. The summed E-state index contributed by atoms with van der Waals surface area (Å²) in [4.78, 5) is 8.36. The van der Waals surface area contributed by atoms with Gasteiger partial charge in [-0.05, 0) is 12.8 Å². The second-order valence-corrected chi connectivity index (χ2v) is 2.40. The first-order valence-corrected chi connectivity index (χ1v) is 3.88. The van der Waals surface area contributed by atoms with Crippen molar-refractivity contribution in [2.45, 2.75) is 26.7 Å². The highest BCUT2D eigenvalue weighted by molar-refractivity contribution is 5.27. The molecule has 0 aromatic carbocycles. The summed E-state index contributed by atoms with van der Waals surface area (Å²) in [6, 6.07) is 0. The molecule has 2 N–H and O–H groups in total. The summed E-state index contributed by atoms with van der Waals surface area (Å²) in [6.45, 7) is 4.13. The van der Waals surface area contributed by atoms with E-state index in [1.54, 1.807) is 6.20 Å². The van der Waals surface area contributed by atoms with Crippen LogP contribution in [0.1, 0.15) is 25.2 Å². The van der Waals surface area contributed by atoms with Crippen LogP contribution in [-0.2, 0) is 12.8 Å². The van der Waals surface area contributed by atoms with Crippen molar-refractivity contribution in [3.63, 3.8) is 0 Å². The van der Waals surface area contributed by atoms with E-state index in [2.05, 4.69) is 23.8 Å². The molecular formula is C8H13N3. The molecule has 3 heteroatoms. The molecule has 1 rings (SSSR count). The first-order valence-electron chi connectivity index (χ1n) is 3.88. The van der Waals surface area contributed by atoms with Gasteiger partial charge in [-0.2, -0.15) is 0 Å². The molecule has 0 unspecified atom stereocenters. The van der Waals surface area contributed by atoms with Crippen molar-refractivity contribution in [1.82, 2.24) is 9.97 Å². The second kappa shape index (κ2) is 3.32. The molecule has 0 spiro atoms. The maximum atomic E-state index is 5.48. The Hall–Kier alpha value is -1.12. The predicted molar refractivity (Wildman–Crippen MR) is 45.2 cm³/mol. The Kier molecular flexibility index (Phi) is 2.41. The van der Waals surface area contributed by atoms with E-state index in [4.69, 9.17) is 5.73 Å². The molecule has 60 valence electrons. The van der Waals surface area contributed by atoms with E-state index in [9.17, 15) is 0 Å². The maximum absolute atomic E-state index is 5.48. The Morgan fingerprint density at radius 3 is 2.45 bits per heavy atom. The summed E-state index contributed by atoms with van der Waals surface area (Å²) < 4.78 is 0. The van der Waals surface area contributed by atoms with Crippen LogP contribution in [0.15, 0.2) is 6.20 Å². The fourth-order valence-corrected chi connectivity index (χ4v) is 1.05. The molecule has 1 aromatic heterocycles. The van der Waals surface area contributed by atoms with E-state index in [1.807, 2.05) is 0 Å². The third kappa shape index (κ3) is 1.67. The Morgan fingerprint density at radius 2 is 1.91 bits per heavy atom. The third-order valence-corrected chi connectivity index (χ3v) is 1.62. The number of rotatable bonds is 2. The number of nitrogens with zero attached hydrogens (tertiary/aromatic N) is 2. The normalized spacial score (nSPS) is 10.0. The van der Waals surface area contributed by atoms with E-state index in [-0.39, 0.29) is 0 Å². The summed E-state index contributed by atoms with van der Waals surface area (Å²) in [5, 5.41) is 0. The Balaban J connectivity index is 3.06. The van der Waals surface area contributed by atoms with Gasteiger partial charge in [-0.3, -0.25) is 4.98 Å². The van der Waals surface area contributed by atoms with Crippen LogP contribution in [0.25, 0.3) is 0 Å². The van der Waals surface area contributed by atoms with Gasteiger partial charge in [-0.1, -0.05) is 13.8 Å². The van der Waals surface area contributed by atoms with Crippen molar-refractivity contribution in [2.24, 2.45) is 0 Å². The highest BCUT2D eigenvalue weighted by Gasteiger charge is 2.00. The standard InChI is InChI=1S/C8H13N3/c1-3-6-7(4-2)11-8(9)5-10-6/h5H,3-4H2,1-2H3,(H2,9,11). The minimum atomic E-state index is 0.513. The summed E-state index contributed by atoms with van der Waals surface area (Å²) in [5.74, 6) is 0.513. The molecule has 0 aliphatic heterocycles. The van der Waals surface area contributed by atoms with E-state index in [0.717, 1.165) is 24.2 Å². The van der Waals surface area contributed by atoms with Gasteiger partial charge in [0.15, 0.2) is 0 Å². The summed E-state index contributed by atoms with van der Waals surface area (Å²) >= 11 is 0. The summed E-state index contributed by atoms with van der Waals surface area (Å²) in [6.07, 6.45) is 3.44. The molecule has 0 saturated heterocycles. The number of hydrogen-bond donors (Lipinski definition) is 1. The zero-order valence-electron chi connectivity index (χ0n) is 6.96. The highest BCUT2D eigenvalue weighted by Crippen LogP contribution is 2.06. The number of nitrogens with two attached hydrogens (primary N) is 1. The predicted octanol–water partition coefficient (Wildman–Crippen LogP) is 1.18. The Morgan fingerprint density at radius 1 is 1.27 bits per heavy atom. The average molecular weight is 151 g/mol. The average Bonchev–Trinajstić information content (AvgIpc) is 2.04. The minimum Gasteiger partial charge on any atom is -0.382 e. The fraction of sp³-hybridized carbons (Fsp3) is 0.500. The SMILES string of the molecule is CCc1ncc(N)nc1CC. The molecule has 0 aliphatic carbocycles. The monoisotopic (exact) mass is 151 g/mol. The molecule has 0 atom stereocenters. The molecule has 0 saturated carbocycles. The molecule has 1 heterocycles. The first kappa shape index (κ1) is 7.98. The van der Waals surface area contributed by atoms with Gasteiger partial charge in [-0.15, -0.1) is 0 Å². The van der Waals surface area contributed by atoms with Gasteiger partial charge in [0.25, 0.3) is 0 Å². The molecule has 0 bridgehead atoms. The summed E-state index contributed by atoms with van der Waals surface area (Å²) in [7, 11) is 0. The number of hydrogen-bond acceptors (Lipinski definition) is 3. The zero-order chi connectivity index (χ0) is 8.27. The van der Waals surface area contributed by atoms with E-state index < -0.39 is 0 Å². The molecule has 11 heavy (non-hydrogen) atoms. The fourth-order valence-electron chi connectivity index (χ4n) is 1.05. The molecule has 3 nitrogen and oxygen atoms in total. The van der Waals surface area contributed by atoms with Gasteiger partial charge in [0.2, 0.25) is 0 Å². The van der Waals surface area contributed by atoms with Gasteiger partial charge in [0, 0.05) is 0 Å². The van der Waals surface area contributed by atoms with Crippen LogP contribution < -0.4 is 5.73 Å². The lowest BCUT2D eigenvalue weighted by Crippen LogP contribution is -2.02. The van der Waals surface area contributed by atoms with Crippen LogP contribution >= 0.6 is 0 Å². The molecule has 0 radical (unpaired) electrons. The second-order valence-electron chi connectivity index (χ2n) is 2.40. The van der Waals surface area contributed by atoms with Crippen molar-refractivity contribution < 1.29 is 0 Å². The van der Waals surface area contributed by atoms with Crippen molar-refractivity contribution in [3.05, 3.63) is 17.6 Å². The molecule has 0 aliphatic rings. The first-order chi connectivity index (χ1) is 5.27. The van der Waals surface area contributed by atoms with Crippen LogP contribution in [-0.4, -0.2) is 9.97 Å². The van der Waals surface area contributed by atoms with Crippen LogP contribution in [0.3, 0.4) is 0 Å². The number of aryl methyl sites for hydroxylation is 2. The van der Waals surface area contributed by atoms with E-state index >= 15 is 0 Å². The molecule has 1 aromatic rings. The van der Waals surface area contributed by atoms with Crippen LogP contribution in [0.4, 0.5) is 5.82 Å². The molecular weight excluding hydrogens is 138 g/mol. The van der Waals surface area contributed by atoms with Crippen LogP contribution in [0, 0.1) is 0 Å². The lowest BCUT2D eigenvalue weighted by molar-refractivity contribution is 0.909. The Bertz CT molecular complexity index is 245.